The number of ether oxygens (including phenoxy) is 2. The minimum Gasteiger partial charge on any atom is -0.493 e. The van der Waals surface area contributed by atoms with Gasteiger partial charge in [0.05, 0.1) is 13.3 Å². The lowest BCUT2D eigenvalue weighted by atomic mass is 10.2. The number of hydrogen-bond acceptors (Lipinski definition) is 5. The highest BCUT2D eigenvalue weighted by Crippen LogP contribution is 2.33. The van der Waals surface area contributed by atoms with E-state index < -0.39 is 0 Å². The van der Waals surface area contributed by atoms with Crippen LogP contribution in [0, 0.1) is 0 Å². The van der Waals surface area contributed by atoms with E-state index in [0.29, 0.717) is 23.7 Å². The number of methoxy groups -OCH3 is 1. The van der Waals surface area contributed by atoms with E-state index in [1.54, 1.807) is 37.7 Å². The number of aromatic nitrogens is 1. The molecule has 1 heterocycles. The largest absolute Gasteiger partial charge is 0.493 e. The highest BCUT2D eigenvalue weighted by atomic mass is 79.9. The summed E-state index contributed by atoms with van der Waals surface area (Å²) in [6.07, 6.45) is 4.63. The Hall–Kier alpha value is -3.19. The van der Waals surface area contributed by atoms with Crippen molar-refractivity contribution in [2.45, 2.75) is 6.61 Å². The van der Waals surface area contributed by atoms with Gasteiger partial charge in [-0.1, -0.05) is 30.3 Å². The monoisotopic (exact) mass is 439 g/mol. The number of benzene rings is 2. The Kier molecular flexibility index (Phi) is 6.75. The molecular formula is C21H18BrN3O3. The van der Waals surface area contributed by atoms with Crippen LogP contribution in [-0.2, 0) is 6.61 Å². The third kappa shape index (κ3) is 5.17. The maximum Gasteiger partial charge on any atom is 0.271 e. The van der Waals surface area contributed by atoms with Crippen molar-refractivity contribution in [1.29, 1.82) is 0 Å². The van der Waals surface area contributed by atoms with Crippen molar-refractivity contribution in [2.24, 2.45) is 5.10 Å². The zero-order valence-electron chi connectivity index (χ0n) is 15.1. The van der Waals surface area contributed by atoms with Crippen LogP contribution in [0.1, 0.15) is 21.5 Å². The van der Waals surface area contributed by atoms with Gasteiger partial charge in [-0.2, -0.15) is 5.10 Å². The molecule has 142 valence electrons. The molecule has 0 aliphatic carbocycles. The number of nitrogens with zero attached hydrogens (tertiary/aromatic N) is 2. The summed E-state index contributed by atoms with van der Waals surface area (Å²) in [5.74, 6) is 0.863. The van der Waals surface area contributed by atoms with Crippen molar-refractivity contribution in [3.8, 4) is 11.5 Å². The van der Waals surface area contributed by atoms with Gasteiger partial charge >= 0.3 is 0 Å². The summed E-state index contributed by atoms with van der Waals surface area (Å²) in [5, 5.41) is 4.01. The van der Waals surface area contributed by atoms with Crippen molar-refractivity contribution in [2.75, 3.05) is 7.11 Å². The Morgan fingerprint density at radius 2 is 1.89 bits per heavy atom. The number of carbonyl (C=O) groups excluding carboxylic acids is 1. The zero-order chi connectivity index (χ0) is 19.8. The zero-order valence-corrected chi connectivity index (χ0v) is 16.7. The van der Waals surface area contributed by atoms with E-state index in [4.69, 9.17) is 9.47 Å². The lowest BCUT2D eigenvalue weighted by molar-refractivity contribution is 0.0955. The molecule has 0 radical (unpaired) electrons. The first-order chi connectivity index (χ1) is 13.7. The van der Waals surface area contributed by atoms with E-state index in [1.165, 1.54) is 6.21 Å². The van der Waals surface area contributed by atoms with Gasteiger partial charge in [0, 0.05) is 28.0 Å². The molecule has 2 aromatic carbocycles. The fraction of sp³-hybridized carbons (Fsp3) is 0.0952. The van der Waals surface area contributed by atoms with Gasteiger partial charge < -0.3 is 9.47 Å². The minimum absolute atomic E-state index is 0.315. The van der Waals surface area contributed by atoms with Gasteiger partial charge in [0.15, 0.2) is 11.5 Å². The number of nitrogens with one attached hydrogen (secondary N) is 1. The summed E-state index contributed by atoms with van der Waals surface area (Å²) in [6.45, 7) is 0.430. The van der Waals surface area contributed by atoms with Gasteiger partial charge in [-0.25, -0.2) is 5.43 Å². The number of hydrogen-bond donors (Lipinski definition) is 1. The molecule has 0 aliphatic rings. The normalized spacial score (nSPS) is 10.6. The SMILES string of the molecule is COc1cc(/C=N/NC(=O)c2ccncc2)c(Br)cc1OCc1ccccc1. The number of halogens is 1. The minimum atomic E-state index is -0.315. The molecule has 0 bridgehead atoms. The van der Waals surface area contributed by atoms with Crippen LogP contribution in [0.15, 0.2) is 76.6 Å². The van der Waals surface area contributed by atoms with Crippen LogP contribution in [0.5, 0.6) is 11.5 Å². The molecular weight excluding hydrogens is 422 g/mol. The molecule has 6 nitrogen and oxygen atoms in total. The van der Waals surface area contributed by atoms with Gasteiger partial charge in [0.25, 0.3) is 5.91 Å². The second kappa shape index (κ2) is 9.66. The van der Waals surface area contributed by atoms with Crippen molar-refractivity contribution in [3.63, 3.8) is 0 Å². The van der Waals surface area contributed by atoms with Crippen LogP contribution in [-0.4, -0.2) is 24.2 Å². The predicted octanol–water partition coefficient (Wildman–Crippen LogP) is 4.20. The van der Waals surface area contributed by atoms with Crippen molar-refractivity contribution < 1.29 is 14.3 Å². The van der Waals surface area contributed by atoms with Crippen molar-refractivity contribution >= 4 is 28.1 Å². The van der Waals surface area contributed by atoms with Crippen LogP contribution in [0.4, 0.5) is 0 Å². The number of amides is 1. The van der Waals surface area contributed by atoms with Crippen molar-refractivity contribution in [3.05, 3.63) is 88.2 Å². The van der Waals surface area contributed by atoms with Crippen LogP contribution in [0.2, 0.25) is 0 Å². The molecule has 0 spiro atoms. The molecule has 1 aromatic heterocycles. The summed E-state index contributed by atoms with van der Waals surface area (Å²) in [4.78, 5) is 15.9. The summed E-state index contributed by atoms with van der Waals surface area (Å²) < 4.78 is 12.1. The van der Waals surface area contributed by atoms with Gasteiger partial charge in [0.1, 0.15) is 6.61 Å². The molecule has 3 rings (SSSR count). The summed E-state index contributed by atoms with van der Waals surface area (Å²) in [6, 6.07) is 16.7. The Labute approximate surface area is 171 Å². The molecule has 0 saturated carbocycles. The molecule has 3 aromatic rings. The standard InChI is InChI=1S/C21H18BrN3O3/c1-27-19-11-17(13-24-25-21(26)16-7-9-23-10-8-16)18(22)12-20(19)28-14-15-5-3-2-4-6-15/h2-13H,14H2,1H3,(H,25,26)/b24-13+. The number of pyridine rings is 1. The van der Waals surface area contributed by atoms with E-state index in [0.717, 1.165) is 15.6 Å². The van der Waals surface area contributed by atoms with E-state index in [9.17, 15) is 4.79 Å². The maximum absolute atomic E-state index is 12.0. The lowest BCUT2D eigenvalue weighted by Crippen LogP contribution is -2.17. The average molecular weight is 440 g/mol. The van der Waals surface area contributed by atoms with Crippen LogP contribution in [0.3, 0.4) is 0 Å². The fourth-order valence-corrected chi connectivity index (χ4v) is 2.81. The van der Waals surface area contributed by atoms with Crippen LogP contribution in [0.25, 0.3) is 0 Å². The second-order valence-electron chi connectivity index (χ2n) is 5.73. The second-order valence-corrected chi connectivity index (χ2v) is 6.59. The first-order valence-electron chi connectivity index (χ1n) is 8.45. The van der Waals surface area contributed by atoms with Gasteiger partial charge in [-0.3, -0.25) is 9.78 Å². The molecule has 0 saturated heterocycles. The highest BCUT2D eigenvalue weighted by Gasteiger charge is 2.10. The Morgan fingerprint density at radius 1 is 1.14 bits per heavy atom. The van der Waals surface area contributed by atoms with Crippen LogP contribution >= 0.6 is 15.9 Å². The third-order valence-corrected chi connectivity index (χ3v) is 4.52. The number of carbonyl (C=O) groups is 1. The number of rotatable bonds is 7. The molecule has 0 aliphatic heterocycles. The summed E-state index contributed by atoms with van der Waals surface area (Å²) in [7, 11) is 1.57. The molecule has 28 heavy (non-hydrogen) atoms. The summed E-state index contributed by atoms with van der Waals surface area (Å²) >= 11 is 3.50. The lowest BCUT2D eigenvalue weighted by Gasteiger charge is -2.12. The smallest absolute Gasteiger partial charge is 0.271 e. The van der Waals surface area contributed by atoms with Gasteiger partial charge in [0.2, 0.25) is 0 Å². The number of hydrazone groups is 1. The fourth-order valence-electron chi connectivity index (χ4n) is 2.39. The first-order valence-corrected chi connectivity index (χ1v) is 9.24. The van der Waals surface area contributed by atoms with Crippen LogP contribution < -0.4 is 14.9 Å². The Bertz CT molecular complexity index is 963. The molecule has 0 fully saturated rings. The van der Waals surface area contributed by atoms with Gasteiger partial charge in [-0.15, -0.1) is 0 Å². The molecule has 1 N–H and O–H groups in total. The maximum atomic E-state index is 12.0. The summed E-state index contributed by atoms with van der Waals surface area (Å²) in [5.41, 5.74) is 4.76. The van der Waals surface area contributed by atoms with E-state index in [1.807, 2.05) is 36.4 Å². The van der Waals surface area contributed by atoms with E-state index in [-0.39, 0.29) is 5.91 Å². The van der Waals surface area contributed by atoms with Crippen molar-refractivity contribution in [1.82, 2.24) is 10.4 Å². The molecule has 0 atom stereocenters. The third-order valence-electron chi connectivity index (χ3n) is 3.83. The van der Waals surface area contributed by atoms with E-state index in [2.05, 4.69) is 31.4 Å². The van der Waals surface area contributed by atoms with Gasteiger partial charge in [-0.05, 0) is 45.8 Å². The first kappa shape index (κ1) is 19.6. The Balaban J connectivity index is 1.69. The molecule has 7 heteroatoms. The average Bonchev–Trinajstić information content (AvgIpc) is 2.74. The Morgan fingerprint density at radius 3 is 2.61 bits per heavy atom. The molecule has 1 amide bonds. The topological polar surface area (TPSA) is 72.8 Å². The predicted molar refractivity (Wildman–Crippen MR) is 111 cm³/mol. The quantitative estimate of drug-likeness (QED) is 0.442. The molecule has 0 unspecified atom stereocenters. The van der Waals surface area contributed by atoms with E-state index >= 15 is 0 Å². The highest BCUT2D eigenvalue weighted by molar-refractivity contribution is 9.10.